The molecule has 0 spiro atoms. The maximum Gasteiger partial charge on any atom is 0.261 e. The van der Waals surface area contributed by atoms with Gasteiger partial charge in [-0.15, -0.1) is 0 Å². The van der Waals surface area contributed by atoms with Crippen molar-refractivity contribution in [2.75, 3.05) is 16.2 Å². The molecule has 2 aromatic carbocycles. The number of carbonyl (C=O) groups is 1. The fourth-order valence-electron chi connectivity index (χ4n) is 3.14. The first-order chi connectivity index (χ1) is 12.7. The molecule has 0 aromatic heterocycles. The molecule has 0 atom stereocenters. The van der Waals surface area contributed by atoms with Crippen LogP contribution in [0.3, 0.4) is 0 Å². The highest BCUT2D eigenvalue weighted by Gasteiger charge is 2.25. The number of hydrogen-bond donors (Lipinski definition) is 1. The summed E-state index contributed by atoms with van der Waals surface area (Å²) in [5, 5.41) is 0.408. The van der Waals surface area contributed by atoms with E-state index in [-0.39, 0.29) is 10.8 Å². The van der Waals surface area contributed by atoms with E-state index in [1.165, 1.54) is 12.1 Å². The van der Waals surface area contributed by atoms with Crippen LogP contribution in [0.4, 0.5) is 11.4 Å². The minimum absolute atomic E-state index is 0.110. The lowest BCUT2D eigenvalue weighted by molar-refractivity contribution is -0.119. The molecular formula is C20H23ClN2O3S. The number of fused-ring (bicyclic) bond motifs is 1. The molecule has 3 rings (SSSR count). The fourth-order valence-corrected chi connectivity index (χ4v) is 4.46. The second-order valence-corrected chi connectivity index (χ2v) is 9.35. The summed E-state index contributed by atoms with van der Waals surface area (Å²) in [6.45, 7) is 6.60. The smallest absolute Gasteiger partial charge is 0.261 e. The first kappa shape index (κ1) is 19.7. The van der Waals surface area contributed by atoms with Crippen molar-refractivity contribution in [3.05, 3.63) is 52.5 Å². The molecular weight excluding hydrogens is 384 g/mol. The van der Waals surface area contributed by atoms with E-state index in [2.05, 4.69) is 18.6 Å². The Bertz CT molecular complexity index is 987. The third-order valence-corrected chi connectivity index (χ3v) is 6.32. The first-order valence-corrected chi connectivity index (χ1v) is 10.8. The van der Waals surface area contributed by atoms with Gasteiger partial charge in [0, 0.05) is 29.4 Å². The zero-order valence-electron chi connectivity index (χ0n) is 15.6. The van der Waals surface area contributed by atoms with Crippen molar-refractivity contribution in [2.45, 2.75) is 38.5 Å². The second kappa shape index (κ2) is 7.52. The van der Waals surface area contributed by atoms with Crippen molar-refractivity contribution >= 4 is 38.9 Å². The molecule has 1 heterocycles. The van der Waals surface area contributed by atoms with E-state index in [1.54, 1.807) is 17.0 Å². The number of nitrogens with zero attached hydrogens (tertiary/aromatic N) is 1. The highest BCUT2D eigenvalue weighted by atomic mass is 35.5. The van der Waals surface area contributed by atoms with Crippen LogP contribution in [0.25, 0.3) is 0 Å². The van der Waals surface area contributed by atoms with E-state index in [4.69, 9.17) is 11.6 Å². The van der Waals surface area contributed by atoms with Crippen molar-refractivity contribution in [2.24, 2.45) is 5.92 Å². The molecule has 1 N–H and O–H groups in total. The SMILES string of the molecule is Cc1ccc(S(=O)(=O)Nc2ccc3c(c2)CCC(=O)N3CC(C)C)cc1Cl. The highest BCUT2D eigenvalue weighted by molar-refractivity contribution is 7.92. The summed E-state index contributed by atoms with van der Waals surface area (Å²) in [5.41, 5.74) is 3.13. The predicted molar refractivity (Wildman–Crippen MR) is 109 cm³/mol. The summed E-state index contributed by atoms with van der Waals surface area (Å²) < 4.78 is 27.9. The molecule has 0 unspecified atom stereocenters. The summed E-state index contributed by atoms with van der Waals surface area (Å²) in [7, 11) is -3.74. The molecule has 1 amide bonds. The van der Waals surface area contributed by atoms with Crippen molar-refractivity contribution in [3.63, 3.8) is 0 Å². The van der Waals surface area contributed by atoms with Crippen molar-refractivity contribution < 1.29 is 13.2 Å². The minimum atomic E-state index is -3.74. The van der Waals surface area contributed by atoms with Gasteiger partial charge in [-0.3, -0.25) is 9.52 Å². The number of benzene rings is 2. The molecule has 144 valence electrons. The number of hydrogen-bond acceptors (Lipinski definition) is 3. The monoisotopic (exact) mass is 406 g/mol. The molecule has 27 heavy (non-hydrogen) atoms. The molecule has 1 aliphatic rings. The number of anilines is 2. The number of nitrogens with one attached hydrogen (secondary N) is 1. The van der Waals surface area contributed by atoms with E-state index < -0.39 is 10.0 Å². The van der Waals surface area contributed by atoms with Gasteiger partial charge in [-0.25, -0.2) is 8.42 Å². The highest BCUT2D eigenvalue weighted by Crippen LogP contribution is 2.32. The van der Waals surface area contributed by atoms with Crippen LogP contribution in [0, 0.1) is 12.8 Å². The topological polar surface area (TPSA) is 66.5 Å². The van der Waals surface area contributed by atoms with Gasteiger partial charge in [0.25, 0.3) is 10.0 Å². The summed E-state index contributed by atoms with van der Waals surface area (Å²) in [6, 6.07) is 9.97. The average Bonchev–Trinajstić information content (AvgIpc) is 2.59. The zero-order chi connectivity index (χ0) is 19.8. The van der Waals surface area contributed by atoms with Crippen molar-refractivity contribution in [3.8, 4) is 0 Å². The number of sulfonamides is 1. The minimum Gasteiger partial charge on any atom is -0.312 e. The lowest BCUT2D eigenvalue weighted by Crippen LogP contribution is -2.37. The lowest BCUT2D eigenvalue weighted by atomic mass is 9.99. The Labute approximate surface area is 165 Å². The molecule has 1 aliphatic heterocycles. The van der Waals surface area contributed by atoms with Gasteiger partial charge in [0.1, 0.15) is 0 Å². The Kier molecular flexibility index (Phi) is 5.49. The number of amides is 1. The van der Waals surface area contributed by atoms with Crippen molar-refractivity contribution in [1.82, 2.24) is 0 Å². The van der Waals surface area contributed by atoms with Gasteiger partial charge in [0.15, 0.2) is 0 Å². The second-order valence-electron chi connectivity index (χ2n) is 7.26. The van der Waals surface area contributed by atoms with E-state index >= 15 is 0 Å². The van der Waals surface area contributed by atoms with Gasteiger partial charge < -0.3 is 4.90 Å². The maximum atomic E-state index is 12.7. The van der Waals surface area contributed by atoms with Crippen LogP contribution in [-0.2, 0) is 21.2 Å². The Balaban J connectivity index is 1.89. The Morgan fingerprint density at radius 1 is 1.15 bits per heavy atom. The Morgan fingerprint density at radius 3 is 2.56 bits per heavy atom. The van der Waals surface area contributed by atoms with Gasteiger partial charge >= 0.3 is 0 Å². The molecule has 0 saturated carbocycles. The molecule has 2 aromatic rings. The van der Waals surface area contributed by atoms with Crippen LogP contribution < -0.4 is 9.62 Å². The van der Waals surface area contributed by atoms with Gasteiger partial charge in [-0.05, 0) is 60.7 Å². The quantitative estimate of drug-likeness (QED) is 0.800. The molecule has 7 heteroatoms. The lowest BCUT2D eigenvalue weighted by Gasteiger charge is -2.31. The van der Waals surface area contributed by atoms with E-state index in [0.717, 1.165) is 16.8 Å². The third-order valence-electron chi connectivity index (χ3n) is 4.53. The standard InChI is InChI=1S/C20H23ClN2O3S/c1-13(2)12-23-19-8-6-16(10-15(19)5-9-20(23)24)22-27(25,26)17-7-4-14(3)18(21)11-17/h4,6-8,10-11,13,22H,5,9,12H2,1-3H3. The Morgan fingerprint density at radius 2 is 1.89 bits per heavy atom. The summed E-state index contributed by atoms with van der Waals surface area (Å²) >= 11 is 6.06. The number of halogens is 1. The van der Waals surface area contributed by atoms with E-state index in [0.29, 0.717) is 36.0 Å². The zero-order valence-corrected chi connectivity index (χ0v) is 17.2. The number of carbonyl (C=O) groups excluding carboxylic acids is 1. The predicted octanol–water partition coefficient (Wildman–Crippen LogP) is 4.38. The van der Waals surface area contributed by atoms with Gasteiger partial charge in [-0.2, -0.15) is 0 Å². The van der Waals surface area contributed by atoms with Crippen LogP contribution >= 0.6 is 11.6 Å². The van der Waals surface area contributed by atoms with Gasteiger partial charge in [-0.1, -0.05) is 31.5 Å². The third kappa shape index (κ3) is 4.28. The summed E-state index contributed by atoms with van der Waals surface area (Å²) in [6.07, 6.45) is 1.04. The van der Waals surface area contributed by atoms with E-state index in [1.807, 2.05) is 19.1 Å². The molecule has 0 saturated heterocycles. The van der Waals surface area contributed by atoms with Crippen LogP contribution in [0.15, 0.2) is 41.3 Å². The summed E-state index contributed by atoms with van der Waals surface area (Å²) in [4.78, 5) is 14.2. The van der Waals surface area contributed by atoms with Crippen LogP contribution in [0.1, 0.15) is 31.4 Å². The Hall–Kier alpha value is -2.05. The van der Waals surface area contributed by atoms with Crippen molar-refractivity contribution in [1.29, 1.82) is 0 Å². The normalized spacial score (nSPS) is 14.4. The molecule has 0 fully saturated rings. The summed E-state index contributed by atoms with van der Waals surface area (Å²) in [5.74, 6) is 0.461. The molecule has 5 nitrogen and oxygen atoms in total. The molecule has 0 bridgehead atoms. The van der Waals surface area contributed by atoms with Gasteiger partial charge in [0.2, 0.25) is 5.91 Å². The van der Waals surface area contributed by atoms with Crippen LogP contribution in [0.2, 0.25) is 5.02 Å². The molecule has 0 radical (unpaired) electrons. The van der Waals surface area contributed by atoms with Crippen LogP contribution in [0.5, 0.6) is 0 Å². The first-order valence-electron chi connectivity index (χ1n) is 8.89. The fraction of sp³-hybridized carbons (Fsp3) is 0.350. The van der Waals surface area contributed by atoms with Crippen LogP contribution in [-0.4, -0.2) is 20.9 Å². The average molecular weight is 407 g/mol. The van der Waals surface area contributed by atoms with Gasteiger partial charge in [0.05, 0.1) is 4.90 Å². The number of aryl methyl sites for hydroxylation is 2. The number of rotatable bonds is 5. The maximum absolute atomic E-state index is 12.7. The van der Waals surface area contributed by atoms with E-state index in [9.17, 15) is 13.2 Å². The largest absolute Gasteiger partial charge is 0.312 e. The molecule has 0 aliphatic carbocycles.